The van der Waals surface area contributed by atoms with Crippen molar-refractivity contribution in [1.29, 1.82) is 0 Å². The lowest BCUT2D eigenvalue weighted by Crippen LogP contribution is -2.36. The van der Waals surface area contributed by atoms with Crippen molar-refractivity contribution in [1.82, 2.24) is 5.27 Å². The fourth-order valence-electron chi connectivity index (χ4n) is 2.60. The van der Waals surface area contributed by atoms with Crippen molar-refractivity contribution in [3.63, 3.8) is 0 Å². The van der Waals surface area contributed by atoms with Crippen molar-refractivity contribution >= 4 is 35.0 Å². The topological polar surface area (TPSA) is 101 Å². The van der Waals surface area contributed by atoms with E-state index < -0.39 is 11.2 Å². The smallest absolute Gasteiger partial charge is 0.298 e. The van der Waals surface area contributed by atoms with Gasteiger partial charge in [-0.1, -0.05) is 29.3 Å². The van der Waals surface area contributed by atoms with Crippen molar-refractivity contribution in [2.45, 2.75) is 24.1 Å². The number of hydrogen-bond acceptors (Lipinski definition) is 7. The number of anilines is 1. The number of aromatic nitrogens is 2. The molecule has 8 nitrogen and oxygen atoms in total. The summed E-state index contributed by atoms with van der Waals surface area (Å²) in [6.45, 7) is 3.63. The number of carbonyl (C=O) groups excluding carboxylic acids is 1. The number of halogens is 1. The van der Waals surface area contributed by atoms with Crippen LogP contribution in [0.25, 0.3) is 5.69 Å². The first-order valence-electron chi connectivity index (χ1n) is 8.89. The summed E-state index contributed by atoms with van der Waals surface area (Å²) in [6, 6.07) is 10.5. The maximum atomic E-state index is 12.8. The summed E-state index contributed by atoms with van der Waals surface area (Å²) in [4.78, 5) is 12.8. The number of benzene rings is 2. The molecule has 0 saturated carbocycles. The number of aryl methyl sites for hydroxylation is 1. The van der Waals surface area contributed by atoms with Gasteiger partial charge in [0.25, 0.3) is 5.03 Å². The van der Waals surface area contributed by atoms with Crippen LogP contribution in [-0.2, 0) is 4.79 Å². The van der Waals surface area contributed by atoms with Gasteiger partial charge in [0.2, 0.25) is 11.6 Å². The zero-order valence-corrected chi connectivity index (χ0v) is 18.3. The third-order valence-corrected chi connectivity index (χ3v) is 5.67. The minimum absolute atomic E-state index is 0.196. The number of nitrogens with zero attached hydrogens (tertiary/aromatic N) is 2. The van der Waals surface area contributed by atoms with E-state index in [1.165, 1.54) is 18.9 Å². The van der Waals surface area contributed by atoms with Crippen LogP contribution in [0, 0.1) is 6.92 Å². The van der Waals surface area contributed by atoms with Crippen molar-refractivity contribution in [3.8, 4) is 23.1 Å². The van der Waals surface area contributed by atoms with Gasteiger partial charge in [0.15, 0.2) is 5.95 Å². The highest BCUT2D eigenvalue weighted by Gasteiger charge is 2.27. The van der Waals surface area contributed by atoms with Crippen molar-refractivity contribution < 1.29 is 28.6 Å². The summed E-state index contributed by atoms with van der Waals surface area (Å²) in [6.07, 6.45) is 0. The molecule has 0 saturated heterocycles. The molecule has 3 rings (SSSR count). The molecule has 0 fully saturated rings. The maximum Gasteiger partial charge on any atom is 0.298 e. The van der Waals surface area contributed by atoms with Crippen LogP contribution in [0.2, 0.25) is 5.02 Å². The molecule has 158 valence electrons. The highest BCUT2D eigenvalue weighted by molar-refractivity contribution is 8.00. The third kappa shape index (κ3) is 4.63. The Morgan fingerprint density at radius 3 is 2.53 bits per heavy atom. The van der Waals surface area contributed by atoms with Crippen LogP contribution in [0.15, 0.2) is 45.9 Å². The van der Waals surface area contributed by atoms with Gasteiger partial charge in [-0.2, -0.15) is 0 Å². The lowest BCUT2D eigenvalue weighted by molar-refractivity contribution is -0.705. The molecule has 0 radical (unpaired) electrons. The van der Waals surface area contributed by atoms with E-state index in [2.05, 4.69) is 10.6 Å². The van der Waals surface area contributed by atoms with Crippen LogP contribution in [-0.4, -0.2) is 30.6 Å². The Kier molecular flexibility index (Phi) is 6.73. The lowest BCUT2D eigenvalue weighted by atomic mass is 10.2. The normalized spacial score (nSPS) is 11.8. The van der Waals surface area contributed by atoms with E-state index in [1.807, 2.05) is 31.2 Å². The molecule has 3 aromatic rings. The van der Waals surface area contributed by atoms with Crippen LogP contribution in [0.3, 0.4) is 0 Å². The van der Waals surface area contributed by atoms with Gasteiger partial charge in [-0.25, -0.2) is 0 Å². The number of ether oxygens (including phenoxy) is 2. The van der Waals surface area contributed by atoms with Crippen LogP contribution >= 0.6 is 23.4 Å². The molecule has 1 amide bonds. The third-order valence-electron chi connectivity index (χ3n) is 4.24. The molecular weight excluding hydrogens is 430 g/mol. The fourth-order valence-corrected chi connectivity index (χ4v) is 3.72. The van der Waals surface area contributed by atoms with Crippen LogP contribution in [0.5, 0.6) is 17.4 Å². The Bertz CT molecular complexity index is 1060. The molecule has 0 aliphatic heterocycles. The second-order valence-corrected chi connectivity index (χ2v) is 8.09. The number of thioether (sulfide) groups is 1. The average molecular weight is 450 g/mol. The van der Waals surface area contributed by atoms with Crippen molar-refractivity contribution in [2.24, 2.45) is 0 Å². The molecule has 1 atom stereocenters. The maximum absolute atomic E-state index is 12.8. The molecule has 2 aromatic carbocycles. The number of nitrogens with one attached hydrogen (secondary N) is 1. The van der Waals surface area contributed by atoms with Gasteiger partial charge in [-0.3, -0.25) is 4.79 Å². The summed E-state index contributed by atoms with van der Waals surface area (Å²) >= 11 is 7.19. The average Bonchev–Trinajstić information content (AvgIpc) is 3.09. The fraction of sp³-hybridized carbons (Fsp3) is 0.250. The number of methoxy groups -OCH3 is 2. The number of carbonyl (C=O) groups is 1. The Balaban J connectivity index is 1.80. The summed E-state index contributed by atoms with van der Waals surface area (Å²) < 4.78 is 16.6. The second kappa shape index (κ2) is 9.27. The largest absolute Gasteiger partial charge is 0.538 e. The summed E-state index contributed by atoms with van der Waals surface area (Å²) in [7, 11) is 2.96. The molecule has 0 aliphatic rings. The van der Waals surface area contributed by atoms with Gasteiger partial charge in [0.05, 0.1) is 35.5 Å². The molecule has 1 N–H and O–H groups in total. The highest BCUT2D eigenvalue weighted by Crippen LogP contribution is 2.36. The molecule has 10 heteroatoms. The monoisotopic (exact) mass is 449 g/mol. The van der Waals surface area contributed by atoms with Crippen LogP contribution in [0.1, 0.15) is 12.5 Å². The Morgan fingerprint density at radius 1 is 1.23 bits per heavy atom. The van der Waals surface area contributed by atoms with E-state index >= 15 is 0 Å². The van der Waals surface area contributed by atoms with Crippen molar-refractivity contribution in [2.75, 3.05) is 19.5 Å². The van der Waals surface area contributed by atoms with Gasteiger partial charge in [0.1, 0.15) is 11.5 Å². The molecule has 30 heavy (non-hydrogen) atoms. The Morgan fingerprint density at radius 2 is 1.90 bits per heavy atom. The first kappa shape index (κ1) is 21.8. The number of rotatable bonds is 7. The quantitative estimate of drug-likeness (QED) is 0.436. The molecule has 1 heterocycles. The van der Waals surface area contributed by atoms with E-state index in [9.17, 15) is 9.90 Å². The van der Waals surface area contributed by atoms with Crippen LogP contribution < -0.4 is 24.6 Å². The standard InChI is InChI=1S/C20H20ClN3O5S/c1-11-5-7-13(8-6-11)24-19(20(26)29-23-24)30-12(2)18(25)22-15-9-14(21)16(27-3)10-17(15)28-4/h5-10,12H,1-4H3,(H-,22,23,25,26). The highest BCUT2D eigenvalue weighted by atomic mass is 35.5. The van der Waals surface area contributed by atoms with Gasteiger partial charge >= 0.3 is 0 Å². The van der Waals surface area contributed by atoms with Crippen LogP contribution in [0.4, 0.5) is 5.69 Å². The first-order valence-corrected chi connectivity index (χ1v) is 10.1. The van der Waals surface area contributed by atoms with Gasteiger partial charge < -0.3 is 24.4 Å². The van der Waals surface area contributed by atoms with E-state index in [0.29, 0.717) is 27.9 Å². The zero-order valence-electron chi connectivity index (χ0n) is 16.8. The second-order valence-electron chi connectivity index (χ2n) is 6.35. The van der Waals surface area contributed by atoms with Gasteiger partial charge in [0, 0.05) is 18.2 Å². The molecule has 1 unspecified atom stereocenters. The SMILES string of the molecule is COc1cc(OC)c(NC(=O)C(C)Sc2c([O-])on[n+]2-c2ccc(C)cc2)cc1Cl. The van der Waals surface area contributed by atoms with Crippen molar-refractivity contribution in [3.05, 3.63) is 47.0 Å². The van der Waals surface area contributed by atoms with E-state index in [4.69, 9.17) is 25.6 Å². The molecular formula is C20H20ClN3O5S. The number of hydrogen-bond donors (Lipinski definition) is 1. The predicted octanol–water partition coefficient (Wildman–Crippen LogP) is 3.12. The minimum Gasteiger partial charge on any atom is -0.538 e. The Hall–Kier alpha value is -2.91. The molecule has 1 aromatic heterocycles. The van der Waals surface area contributed by atoms with E-state index in [-0.39, 0.29) is 10.9 Å². The molecule has 0 spiro atoms. The summed E-state index contributed by atoms with van der Waals surface area (Å²) in [5.74, 6) is -0.152. The van der Waals surface area contributed by atoms with E-state index in [1.54, 1.807) is 19.1 Å². The Labute approximate surface area is 182 Å². The van der Waals surface area contributed by atoms with E-state index in [0.717, 1.165) is 17.3 Å². The lowest BCUT2D eigenvalue weighted by Gasteiger charge is -2.15. The zero-order chi connectivity index (χ0) is 21.8. The minimum atomic E-state index is -0.639. The predicted molar refractivity (Wildman–Crippen MR) is 111 cm³/mol. The van der Waals surface area contributed by atoms with Gasteiger partial charge in [-0.05, 0) is 36.4 Å². The first-order chi connectivity index (χ1) is 14.3. The summed E-state index contributed by atoms with van der Waals surface area (Å²) in [5.41, 5.74) is 2.12. The summed E-state index contributed by atoms with van der Waals surface area (Å²) in [5, 5.41) is 18.6. The molecule has 0 aliphatic carbocycles. The molecule has 0 bridgehead atoms. The van der Waals surface area contributed by atoms with Gasteiger partial charge in [-0.15, -0.1) is 0 Å². The number of amides is 1.